The fraction of sp³-hybridized carbons (Fsp3) is 0.273. The quantitative estimate of drug-likeness (QED) is 0.701. The van der Waals surface area contributed by atoms with Crippen LogP contribution in [0.5, 0.6) is 0 Å². The van der Waals surface area contributed by atoms with Crippen molar-refractivity contribution in [3.8, 4) is 0 Å². The number of carboxylic acids is 2. The Morgan fingerprint density at radius 2 is 1.72 bits per heavy atom. The van der Waals surface area contributed by atoms with Crippen LogP contribution in [0.1, 0.15) is 29.6 Å². The summed E-state index contributed by atoms with van der Waals surface area (Å²) in [6.07, 6.45) is 3.11. The molecule has 0 spiro atoms. The second-order valence-corrected chi connectivity index (χ2v) is 3.25. The summed E-state index contributed by atoms with van der Waals surface area (Å²) in [5.74, 6) is -2.34. The number of hydrogen-bond donors (Lipinski definition) is 3. The number of aliphatic carboxylic acids is 2. The van der Waals surface area contributed by atoms with E-state index >= 15 is 0 Å². The largest absolute Gasteiger partial charge is 0.481 e. The number of nitrogens with zero attached hydrogens (tertiary/aromatic N) is 1. The molecule has 4 N–H and O–H groups in total. The molecule has 0 fully saturated rings. The molecular formula is C11H14N2O5. The number of carbonyl (C=O) groups is 3. The SMILES string of the molecule is NC(=O)c1cccnc1.O=C(O)CCCC(=O)O. The van der Waals surface area contributed by atoms with Crippen LogP contribution >= 0.6 is 0 Å². The summed E-state index contributed by atoms with van der Waals surface area (Å²) in [6, 6.07) is 3.29. The second kappa shape index (κ2) is 8.68. The van der Waals surface area contributed by atoms with E-state index in [1.54, 1.807) is 18.3 Å². The van der Waals surface area contributed by atoms with Crippen molar-refractivity contribution < 1.29 is 24.6 Å². The molecule has 1 amide bonds. The standard InChI is InChI=1S/C6H6N2O.C5H8O4/c7-6(9)5-2-1-3-8-4-5;6-4(7)2-1-3-5(8)9/h1-4H,(H2,7,9);1-3H2,(H,6,7)(H,8,9). The summed E-state index contributed by atoms with van der Waals surface area (Å²) in [5, 5.41) is 16.1. The van der Waals surface area contributed by atoms with Crippen molar-refractivity contribution in [1.82, 2.24) is 4.98 Å². The molecule has 1 rings (SSSR count). The molecule has 7 heteroatoms. The van der Waals surface area contributed by atoms with E-state index in [9.17, 15) is 14.4 Å². The normalized spacial score (nSPS) is 8.89. The van der Waals surface area contributed by atoms with E-state index in [1.807, 2.05) is 0 Å². The number of rotatable bonds is 5. The molecule has 0 aliphatic rings. The zero-order valence-corrected chi connectivity index (χ0v) is 9.57. The molecule has 0 aromatic carbocycles. The summed E-state index contributed by atoms with van der Waals surface area (Å²) in [4.78, 5) is 33.7. The van der Waals surface area contributed by atoms with Gasteiger partial charge in [-0.1, -0.05) is 0 Å². The minimum absolute atomic E-state index is 0.0632. The number of carboxylic acid groups (broad SMARTS) is 2. The van der Waals surface area contributed by atoms with Crippen LogP contribution in [-0.4, -0.2) is 33.0 Å². The smallest absolute Gasteiger partial charge is 0.303 e. The molecule has 18 heavy (non-hydrogen) atoms. The van der Waals surface area contributed by atoms with Crippen LogP contribution in [0.3, 0.4) is 0 Å². The Labute approximate surface area is 103 Å². The molecule has 1 aromatic rings. The van der Waals surface area contributed by atoms with Crippen LogP contribution in [0.4, 0.5) is 0 Å². The molecule has 0 radical (unpaired) electrons. The van der Waals surface area contributed by atoms with Gasteiger partial charge in [0.25, 0.3) is 0 Å². The highest BCUT2D eigenvalue weighted by Gasteiger charge is 1.99. The molecule has 1 aromatic heterocycles. The number of pyridine rings is 1. The highest BCUT2D eigenvalue weighted by molar-refractivity contribution is 5.92. The lowest BCUT2D eigenvalue weighted by molar-refractivity contribution is -0.138. The first-order chi connectivity index (χ1) is 8.43. The fourth-order valence-electron chi connectivity index (χ4n) is 0.899. The first-order valence-corrected chi connectivity index (χ1v) is 5.07. The van der Waals surface area contributed by atoms with E-state index < -0.39 is 17.8 Å². The molecule has 0 bridgehead atoms. The van der Waals surface area contributed by atoms with E-state index in [1.165, 1.54) is 6.20 Å². The highest BCUT2D eigenvalue weighted by Crippen LogP contribution is 1.93. The van der Waals surface area contributed by atoms with Crippen molar-refractivity contribution >= 4 is 17.8 Å². The Bertz CT molecular complexity index is 391. The minimum Gasteiger partial charge on any atom is -0.481 e. The van der Waals surface area contributed by atoms with Gasteiger partial charge in [-0.3, -0.25) is 19.4 Å². The molecule has 1 heterocycles. The number of amides is 1. The zero-order chi connectivity index (χ0) is 14.0. The Balaban J connectivity index is 0.000000321. The van der Waals surface area contributed by atoms with Crippen LogP contribution in [0.15, 0.2) is 24.5 Å². The molecule has 0 saturated heterocycles. The van der Waals surface area contributed by atoms with E-state index in [-0.39, 0.29) is 19.3 Å². The first kappa shape index (κ1) is 15.6. The summed E-state index contributed by atoms with van der Waals surface area (Å²) >= 11 is 0. The van der Waals surface area contributed by atoms with Crippen molar-refractivity contribution in [3.05, 3.63) is 30.1 Å². The van der Waals surface area contributed by atoms with Crippen molar-refractivity contribution in [2.75, 3.05) is 0 Å². The maximum absolute atomic E-state index is 10.4. The van der Waals surface area contributed by atoms with Crippen LogP contribution in [-0.2, 0) is 9.59 Å². The van der Waals surface area contributed by atoms with E-state index in [0.717, 1.165) is 0 Å². The Morgan fingerprint density at radius 1 is 1.17 bits per heavy atom. The maximum Gasteiger partial charge on any atom is 0.303 e. The first-order valence-electron chi connectivity index (χ1n) is 5.07. The average Bonchev–Trinajstić information content (AvgIpc) is 2.30. The van der Waals surface area contributed by atoms with E-state index in [0.29, 0.717) is 5.56 Å². The molecule has 0 unspecified atom stereocenters. The van der Waals surface area contributed by atoms with Gasteiger partial charge >= 0.3 is 11.9 Å². The van der Waals surface area contributed by atoms with Gasteiger partial charge in [0.05, 0.1) is 5.56 Å². The van der Waals surface area contributed by atoms with Crippen LogP contribution < -0.4 is 5.73 Å². The van der Waals surface area contributed by atoms with Crippen molar-refractivity contribution in [2.24, 2.45) is 5.73 Å². The molecule has 0 aliphatic heterocycles. The van der Waals surface area contributed by atoms with Gasteiger partial charge in [0.2, 0.25) is 5.91 Å². The summed E-state index contributed by atoms with van der Waals surface area (Å²) in [7, 11) is 0. The maximum atomic E-state index is 10.4. The van der Waals surface area contributed by atoms with Gasteiger partial charge in [0, 0.05) is 25.2 Å². The number of primary amides is 1. The van der Waals surface area contributed by atoms with Gasteiger partial charge in [0.1, 0.15) is 0 Å². The molecule has 0 aliphatic carbocycles. The van der Waals surface area contributed by atoms with E-state index in [2.05, 4.69) is 4.98 Å². The fourth-order valence-corrected chi connectivity index (χ4v) is 0.899. The topological polar surface area (TPSA) is 131 Å². The zero-order valence-electron chi connectivity index (χ0n) is 9.57. The predicted octanol–water partition coefficient (Wildman–Crippen LogP) is 0.506. The molecule has 98 valence electrons. The molecule has 0 saturated carbocycles. The average molecular weight is 254 g/mol. The van der Waals surface area contributed by atoms with Gasteiger partial charge in [-0.25, -0.2) is 0 Å². The lowest BCUT2D eigenvalue weighted by atomic mass is 10.2. The van der Waals surface area contributed by atoms with Crippen molar-refractivity contribution in [3.63, 3.8) is 0 Å². The molecule has 7 nitrogen and oxygen atoms in total. The number of carbonyl (C=O) groups excluding carboxylic acids is 1. The van der Waals surface area contributed by atoms with Gasteiger partial charge in [-0.05, 0) is 18.6 Å². The van der Waals surface area contributed by atoms with Gasteiger partial charge in [-0.2, -0.15) is 0 Å². The Kier molecular flexibility index (Phi) is 7.51. The third-order valence-electron chi connectivity index (χ3n) is 1.73. The number of aromatic nitrogens is 1. The Morgan fingerprint density at radius 3 is 2.00 bits per heavy atom. The number of hydrogen-bond acceptors (Lipinski definition) is 4. The van der Waals surface area contributed by atoms with Gasteiger partial charge in [0.15, 0.2) is 0 Å². The third kappa shape index (κ3) is 8.84. The summed E-state index contributed by atoms with van der Waals surface area (Å²) in [6.45, 7) is 0. The lowest BCUT2D eigenvalue weighted by Crippen LogP contribution is -2.10. The van der Waals surface area contributed by atoms with Crippen molar-refractivity contribution in [2.45, 2.75) is 19.3 Å². The van der Waals surface area contributed by atoms with Crippen molar-refractivity contribution in [1.29, 1.82) is 0 Å². The predicted molar refractivity (Wildman–Crippen MR) is 61.9 cm³/mol. The lowest BCUT2D eigenvalue weighted by Gasteiger charge is -1.89. The van der Waals surface area contributed by atoms with Gasteiger partial charge < -0.3 is 15.9 Å². The second-order valence-electron chi connectivity index (χ2n) is 3.25. The third-order valence-corrected chi connectivity index (χ3v) is 1.73. The van der Waals surface area contributed by atoms with Gasteiger partial charge in [-0.15, -0.1) is 0 Å². The van der Waals surface area contributed by atoms with Crippen LogP contribution in [0, 0.1) is 0 Å². The molecule has 0 atom stereocenters. The monoisotopic (exact) mass is 254 g/mol. The van der Waals surface area contributed by atoms with E-state index in [4.69, 9.17) is 15.9 Å². The Hall–Kier alpha value is -2.44. The molecular weight excluding hydrogens is 240 g/mol. The highest BCUT2D eigenvalue weighted by atomic mass is 16.4. The van der Waals surface area contributed by atoms with Crippen LogP contribution in [0.2, 0.25) is 0 Å². The summed E-state index contributed by atoms with van der Waals surface area (Å²) in [5.41, 5.74) is 5.38. The number of nitrogens with two attached hydrogens (primary N) is 1. The minimum atomic E-state index is -0.948. The summed E-state index contributed by atoms with van der Waals surface area (Å²) < 4.78 is 0. The van der Waals surface area contributed by atoms with Crippen LogP contribution in [0.25, 0.3) is 0 Å².